The van der Waals surface area contributed by atoms with Crippen LogP contribution in [0.2, 0.25) is 0 Å². The molecule has 70 valence electrons. The molecule has 0 radical (unpaired) electrons. The zero-order valence-corrected chi connectivity index (χ0v) is 8.51. The lowest BCUT2D eigenvalue weighted by Crippen LogP contribution is -1.97. The van der Waals surface area contributed by atoms with Gasteiger partial charge in [0.05, 0.1) is 0 Å². The molecule has 2 nitrogen and oxygen atoms in total. The van der Waals surface area contributed by atoms with Gasteiger partial charge in [-0.05, 0) is 18.1 Å². The van der Waals surface area contributed by atoms with Crippen LogP contribution in [-0.4, -0.2) is 0 Å². The average molecular weight is 194 g/mol. The Labute approximate surface area is 84.0 Å². The second-order valence-corrected chi connectivity index (χ2v) is 3.38. The van der Waals surface area contributed by atoms with Gasteiger partial charge in [-0.1, -0.05) is 24.3 Å². The van der Waals surface area contributed by atoms with Gasteiger partial charge in [-0.15, -0.1) is 12.6 Å². The molecule has 1 aromatic rings. The summed E-state index contributed by atoms with van der Waals surface area (Å²) in [5.41, 5.74) is 14.0. The van der Waals surface area contributed by atoms with Crippen LogP contribution in [0.15, 0.2) is 30.0 Å². The lowest BCUT2D eigenvalue weighted by molar-refractivity contribution is 1.07. The summed E-state index contributed by atoms with van der Waals surface area (Å²) in [7, 11) is 0. The summed E-state index contributed by atoms with van der Waals surface area (Å²) in [6, 6.07) is 7.91. The van der Waals surface area contributed by atoms with Gasteiger partial charge in [0.15, 0.2) is 0 Å². The lowest BCUT2D eigenvalue weighted by Gasteiger charge is -2.03. The van der Waals surface area contributed by atoms with Crippen molar-refractivity contribution in [2.45, 2.75) is 13.5 Å². The van der Waals surface area contributed by atoms with E-state index in [0.29, 0.717) is 6.54 Å². The van der Waals surface area contributed by atoms with Crippen LogP contribution in [0.1, 0.15) is 18.1 Å². The van der Waals surface area contributed by atoms with Crippen molar-refractivity contribution in [2.24, 2.45) is 11.5 Å². The van der Waals surface area contributed by atoms with Crippen LogP contribution in [0.25, 0.3) is 4.91 Å². The minimum atomic E-state index is 0.563. The van der Waals surface area contributed by atoms with E-state index in [4.69, 9.17) is 11.5 Å². The molecule has 3 heteroatoms. The summed E-state index contributed by atoms with van der Waals surface area (Å²) < 4.78 is 0. The van der Waals surface area contributed by atoms with Crippen molar-refractivity contribution < 1.29 is 0 Å². The molecule has 0 aromatic heterocycles. The summed E-state index contributed by atoms with van der Waals surface area (Å²) in [6.45, 7) is 2.40. The highest BCUT2D eigenvalue weighted by molar-refractivity contribution is 7.90. The number of rotatable bonds is 2. The molecule has 0 bridgehead atoms. The van der Waals surface area contributed by atoms with E-state index >= 15 is 0 Å². The fourth-order valence-electron chi connectivity index (χ4n) is 1.03. The Hall–Kier alpha value is -0.930. The molecule has 0 saturated heterocycles. The molecule has 13 heavy (non-hydrogen) atoms. The van der Waals surface area contributed by atoms with Crippen molar-refractivity contribution in [3.8, 4) is 0 Å². The Morgan fingerprint density at radius 2 is 1.85 bits per heavy atom. The molecule has 1 aromatic carbocycles. The molecule has 0 aliphatic rings. The van der Waals surface area contributed by atoms with Crippen molar-refractivity contribution >= 4 is 17.5 Å². The molecule has 0 aliphatic heterocycles. The number of allylic oxidation sites excluding steroid dienone is 1. The number of benzene rings is 1. The van der Waals surface area contributed by atoms with Gasteiger partial charge in [0, 0.05) is 17.1 Å². The summed E-state index contributed by atoms with van der Waals surface area (Å²) in [5.74, 6) is 0. The first-order valence-corrected chi connectivity index (χ1v) is 4.54. The summed E-state index contributed by atoms with van der Waals surface area (Å²) in [4.78, 5) is 0.823. The molecule has 4 N–H and O–H groups in total. The van der Waals surface area contributed by atoms with Crippen molar-refractivity contribution in [3.05, 3.63) is 41.1 Å². The van der Waals surface area contributed by atoms with Gasteiger partial charge in [-0.25, -0.2) is 0 Å². The van der Waals surface area contributed by atoms with Gasteiger partial charge < -0.3 is 11.5 Å². The molecule has 0 fully saturated rings. The first-order valence-electron chi connectivity index (χ1n) is 4.10. The van der Waals surface area contributed by atoms with Gasteiger partial charge in [0.2, 0.25) is 0 Å². The summed E-state index contributed by atoms with van der Waals surface area (Å²) >= 11 is 4.30. The Bertz CT molecular complexity index is 310. The maximum Gasteiger partial charge on any atom is 0.0298 e. The lowest BCUT2D eigenvalue weighted by atomic mass is 10.1. The highest BCUT2D eigenvalue weighted by atomic mass is 32.1. The predicted octanol–water partition coefficient (Wildman–Crippen LogP) is 1.72. The van der Waals surface area contributed by atoms with Gasteiger partial charge in [-0.2, -0.15) is 0 Å². The Balaban J connectivity index is 2.99. The van der Waals surface area contributed by atoms with E-state index in [1.807, 2.05) is 31.2 Å². The van der Waals surface area contributed by atoms with E-state index in [-0.39, 0.29) is 0 Å². The molecule has 0 unspecified atom stereocenters. The van der Waals surface area contributed by atoms with Crippen LogP contribution >= 0.6 is 12.6 Å². The van der Waals surface area contributed by atoms with E-state index in [1.165, 1.54) is 0 Å². The van der Waals surface area contributed by atoms with Crippen molar-refractivity contribution in [2.75, 3.05) is 0 Å². The minimum absolute atomic E-state index is 0.563. The van der Waals surface area contributed by atoms with E-state index in [2.05, 4.69) is 12.6 Å². The van der Waals surface area contributed by atoms with Crippen LogP contribution in [0.3, 0.4) is 0 Å². The number of nitrogens with two attached hydrogens (primary N) is 2. The van der Waals surface area contributed by atoms with Crippen LogP contribution in [0.5, 0.6) is 0 Å². The Kier molecular flexibility index (Phi) is 3.39. The Morgan fingerprint density at radius 3 is 2.23 bits per heavy atom. The number of hydrogen-bond acceptors (Lipinski definition) is 3. The molecular formula is C10H14N2S. The third kappa shape index (κ3) is 2.50. The van der Waals surface area contributed by atoms with Gasteiger partial charge in [0.1, 0.15) is 0 Å². The topological polar surface area (TPSA) is 52.0 Å². The van der Waals surface area contributed by atoms with Crippen LogP contribution in [-0.2, 0) is 6.54 Å². The SMILES string of the molecule is C/C(N)=C(/S)c1ccc(CN)cc1. The maximum atomic E-state index is 5.62. The van der Waals surface area contributed by atoms with E-state index in [9.17, 15) is 0 Å². The van der Waals surface area contributed by atoms with Gasteiger partial charge >= 0.3 is 0 Å². The summed E-state index contributed by atoms with van der Waals surface area (Å²) in [6.07, 6.45) is 0. The normalized spacial score (nSPS) is 12.5. The maximum absolute atomic E-state index is 5.62. The number of hydrogen-bond donors (Lipinski definition) is 3. The van der Waals surface area contributed by atoms with E-state index < -0.39 is 0 Å². The van der Waals surface area contributed by atoms with Crippen LogP contribution in [0, 0.1) is 0 Å². The standard InChI is InChI=1S/C10H14N2S/c1-7(12)10(13)9-4-2-8(6-11)3-5-9/h2-5,13H,6,11-12H2,1H3/b10-7-. The fourth-order valence-corrected chi connectivity index (χ4v) is 1.18. The highest BCUT2D eigenvalue weighted by Gasteiger charge is 1.98. The predicted molar refractivity (Wildman–Crippen MR) is 60.1 cm³/mol. The van der Waals surface area contributed by atoms with Crippen molar-refractivity contribution in [1.82, 2.24) is 0 Å². The molecule has 0 atom stereocenters. The quantitative estimate of drug-likeness (QED) is 0.628. The smallest absolute Gasteiger partial charge is 0.0298 e. The number of thiol groups is 1. The Morgan fingerprint density at radius 1 is 1.31 bits per heavy atom. The van der Waals surface area contributed by atoms with E-state index in [0.717, 1.165) is 21.7 Å². The minimum Gasteiger partial charge on any atom is -0.401 e. The van der Waals surface area contributed by atoms with Crippen molar-refractivity contribution in [1.29, 1.82) is 0 Å². The largest absolute Gasteiger partial charge is 0.401 e. The molecular weight excluding hydrogens is 180 g/mol. The third-order valence-electron chi connectivity index (χ3n) is 1.84. The first-order chi connectivity index (χ1) is 6.15. The monoisotopic (exact) mass is 194 g/mol. The molecule has 0 saturated carbocycles. The zero-order chi connectivity index (χ0) is 9.84. The van der Waals surface area contributed by atoms with Gasteiger partial charge in [-0.3, -0.25) is 0 Å². The van der Waals surface area contributed by atoms with Crippen LogP contribution < -0.4 is 11.5 Å². The average Bonchev–Trinajstić information content (AvgIpc) is 2.17. The molecule has 0 heterocycles. The zero-order valence-electron chi connectivity index (χ0n) is 7.62. The molecule has 0 amide bonds. The first kappa shape index (κ1) is 10.2. The third-order valence-corrected chi connectivity index (χ3v) is 2.45. The second-order valence-electron chi connectivity index (χ2n) is 2.93. The molecule has 0 spiro atoms. The van der Waals surface area contributed by atoms with Gasteiger partial charge in [0.25, 0.3) is 0 Å². The summed E-state index contributed by atoms with van der Waals surface area (Å²) in [5, 5.41) is 0. The van der Waals surface area contributed by atoms with Crippen molar-refractivity contribution in [3.63, 3.8) is 0 Å². The molecule has 1 rings (SSSR count). The second kappa shape index (κ2) is 4.35. The van der Waals surface area contributed by atoms with Crippen LogP contribution in [0.4, 0.5) is 0 Å². The molecule has 0 aliphatic carbocycles. The highest BCUT2D eigenvalue weighted by Crippen LogP contribution is 2.20. The van der Waals surface area contributed by atoms with E-state index in [1.54, 1.807) is 0 Å². The fraction of sp³-hybridized carbons (Fsp3) is 0.200.